The Balaban J connectivity index is 1.76. The van der Waals surface area contributed by atoms with Crippen molar-refractivity contribution < 1.29 is 4.74 Å². The Bertz CT molecular complexity index is 166. The summed E-state index contributed by atoms with van der Waals surface area (Å²) in [4.78, 5) is 0. The Morgan fingerprint density at radius 3 is 3.00 bits per heavy atom. The molecule has 1 aliphatic rings. The SMILES string of the molecule is C=CCCC(C)NCCCOCC1CC1. The molecule has 0 radical (unpaired) electrons. The molecule has 1 unspecified atom stereocenters. The first-order chi connectivity index (χ1) is 7.33. The molecule has 88 valence electrons. The lowest BCUT2D eigenvalue weighted by Gasteiger charge is -2.12. The van der Waals surface area contributed by atoms with Gasteiger partial charge in [-0.15, -0.1) is 6.58 Å². The van der Waals surface area contributed by atoms with Gasteiger partial charge in [0.25, 0.3) is 0 Å². The lowest BCUT2D eigenvalue weighted by molar-refractivity contribution is 0.121. The maximum absolute atomic E-state index is 5.56. The van der Waals surface area contributed by atoms with Gasteiger partial charge in [0.15, 0.2) is 0 Å². The van der Waals surface area contributed by atoms with E-state index in [0.29, 0.717) is 6.04 Å². The summed E-state index contributed by atoms with van der Waals surface area (Å²) in [5, 5.41) is 3.49. The molecule has 0 heterocycles. The standard InChI is InChI=1S/C13H25NO/c1-3-4-6-12(2)14-9-5-10-15-11-13-7-8-13/h3,12-14H,1,4-11H2,2H3. The Kier molecular flexibility index (Phi) is 6.69. The Hall–Kier alpha value is -0.340. The molecular weight excluding hydrogens is 186 g/mol. The second-order valence-electron chi connectivity index (χ2n) is 4.59. The van der Waals surface area contributed by atoms with Crippen LogP contribution in [-0.2, 0) is 4.74 Å². The summed E-state index contributed by atoms with van der Waals surface area (Å²) in [5.74, 6) is 0.893. The summed E-state index contributed by atoms with van der Waals surface area (Å²) in [6, 6.07) is 0.603. The van der Waals surface area contributed by atoms with Crippen molar-refractivity contribution in [1.82, 2.24) is 5.32 Å². The fourth-order valence-corrected chi connectivity index (χ4v) is 1.53. The third-order valence-corrected chi connectivity index (χ3v) is 2.81. The molecule has 0 amide bonds. The predicted octanol–water partition coefficient (Wildman–Crippen LogP) is 2.75. The minimum absolute atomic E-state index is 0.603. The molecule has 1 rings (SSSR count). The summed E-state index contributed by atoms with van der Waals surface area (Å²) in [6.45, 7) is 8.94. The summed E-state index contributed by atoms with van der Waals surface area (Å²) in [5.41, 5.74) is 0. The van der Waals surface area contributed by atoms with E-state index in [0.717, 1.165) is 38.5 Å². The van der Waals surface area contributed by atoms with Gasteiger partial charge in [0.05, 0.1) is 0 Å². The van der Waals surface area contributed by atoms with Crippen molar-refractivity contribution in [2.24, 2.45) is 5.92 Å². The van der Waals surface area contributed by atoms with Crippen molar-refractivity contribution in [3.8, 4) is 0 Å². The first-order valence-corrected chi connectivity index (χ1v) is 6.25. The van der Waals surface area contributed by atoms with Gasteiger partial charge in [-0.25, -0.2) is 0 Å². The van der Waals surface area contributed by atoms with Crippen molar-refractivity contribution in [3.63, 3.8) is 0 Å². The lowest BCUT2D eigenvalue weighted by Crippen LogP contribution is -2.27. The number of hydrogen-bond donors (Lipinski definition) is 1. The van der Waals surface area contributed by atoms with Gasteiger partial charge in [-0.3, -0.25) is 0 Å². The third kappa shape index (κ3) is 7.57. The first kappa shape index (κ1) is 12.7. The third-order valence-electron chi connectivity index (χ3n) is 2.81. The summed E-state index contributed by atoms with van der Waals surface area (Å²) in [6.07, 6.45) is 8.18. The topological polar surface area (TPSA) is 21.3 Å². The Morgan fingerprint density at radius 1 is 1.53 bits per heavy atom. The molecule has 15 heavy (non-hydrogen) atoms. The number of nitrogens with one attached hydrogen (secondary N) is 1. The number of rotatable bonds is 10. The van der Waals surface area contributed by atoms with Crippen LogP contribution in [0.1, 0.15) is 39.0 Å². The van der Waals surface area contributed by atoms with Crippen LogP contribution < -0.4 is 5.32 Å². The van der Waals surface area contributed by atoms with Gasteiger partial charge >= 0.3 is 0 Å². The van der Waals surface area contributed by atoms with Crippen molar-refractivity contribution in [2.75, 3.05) is 19.8 Å². The van der Waals surface area contributed by atoms with E-state index in [1.165, 1.54) is 19.3 Å². The molecule has 1 atom stereocenters. The maximum Gasteiger partial charge on any atom is 0.0494 e. The van der Waals surface area contributed by atoms with Gasteiger partial charge in [-0.1, -0.05) is 6.08 Å². The van der Waals surface area contributed by atoms with Crippen LogP contribution in [0.15, 0.2) is 12.7 Å². The molecule has 0 spiro atoms. The number of allylic oxidation sites excluding steroid dienone is 1. The monoisotopic (exact) mass is 211 g/mol. The van der Waals surface area contributed by atoms with Crippen LogP contribution in [-0.4, -0.2) is 25.8 Å². The average molecular weight is 211 g/mol. The molecule has 1 N–H and O–H groups in total. The number of hydrogen-bond acceptors (Lipinski definition) is 2. The smallest absolute Gasteiger partial charge is 0.0494 e. The summed E-state index contributed by atoms with van der Waals surface area (Å²) in [7, 11) is 0. The maximum atomic E-state index is 5.56. The van der Waals surface area contributed by atoms with Crippen molar-refractivity contribution in [2.45, 2.75) is 45.1 Å². The van der Waals surface area contributed by atoms with Crippen LogP contribution in [0.25, 0.3) is 0 Å². The minimum Gasteiger partial charge on any atom is -0.381 e. The fourth-order valence-electron chi connectivity index (χ4n) is 1.53. The van der Waals surface area contributed by atoms with Gasteiger partial charge in [0, 0.05) is 19.3 Å². The molecule has 0 bridgehead atoms. The molecule has 0 aliphatic heterocycles. The Morgan fingerprint density at radius 2 is 2.33 bits per heavy atom. The second kappa shape index (κ2) is 7.89. The molecule has 1 fully saturated rings. The second-order valence-corrected chi connectivity index (χ2v) is 4.59. The molecule has 1 saturated carbocycles. The zero-order valence-electron chi connectivity index (χ0n) is 10.0. The number of ether oxygens (including phenoxy) is 1. The summed E-state index contributed by atoms with van der Waals surface area (Å²) < 4.78 is 5.56. The van der Waals surface area contributed by atoms with Gasteiger partial charge in [0.1, 0.15) is 0 Å². The highest BCUT2D eigenvalue weighted by molar-refractivity contribution is 4.72. The molecule has 0 aromatic rings. The summed E-state index contributed by atoms with van der Waals surface area (Å²) >= 11 is 0. The van der Waals surface area contributed by atoms with E-state index in [9.17, 15) is 0 Å². The highest BCUT2D eigenvalue weighted by Crippen LogP contribution is 2.28. The van der Waals surface area contributed by atoms with Gasteiger partial charge < -0.3 is 10.1 Å². The molecule has 1 aliphatic carbocycles. The van der Waals surface area contributed by atoms with E-state index < -0.39 is 0 Å². The quantitative estimate of drug-likeness (QED) is 0.443. The molecule has 0 saturated heterocycles. The zero-order chi connectivity index (χ0) is 10.9. The van der Waals surface area contributed by atoms with Crippen LogP contribution >= 0.6 is 0 Å². The van der Waals surface area contributed by atoms with Gasteiger partial charge in [-0.05, 0) is 51.5 Å². The molecular formula is C13H25NO. The highest BCUT2D eigenvalue weighted by Gasteiger charge is 2.20. The Labute approximate surface area is 94.1 Å². The molecule has 2 heteroatoms. The largest absolute Gasteiger partial charge is 0.381 e. The van der Waals surface area contributed by atoms with E-state index in [2.05, 4.69) is 18.8 Å². The highest BCUT2D eigenvalue weighted by atomic mass is 16.5. The van der Waals surface area contributed by atoms with E-state index >= 15 is 0 Å². The van der Waals surface area contributed by atoms with Crippen molar-refractivity contribution in [1.29, 1.82) is 0 Å². The molecule has 0 aromatic heterocycles. The van der Waals surface area contributed by atoms with Crippen LogP contribution in [0.5, 0.6) is 0 Å². The molecule has 0 aromatic carbocycles. The zero-order valence-corrected chi connectivity index (χ0v) is 10.0. The van der Waals surface area contributed by atoms with Crippen LogP contribution in [0, 0.1) is 5.92 Å². The van der Waals surface area contributed by atoms with Crippen molar-refractivity contribution in [3.05, 3.63) is 12.7 Å². The van der Waals surface area contributed by atoms with Gasteiger partial charge in [-0.2, -0.15) is 0 Å². The molecule has 2 nitrogen and oxygen atoms in total. The lowest BCUT2D eigenvalue weighted by atomic mass is 10.2. The van der Waals surface area contributed by atoms with Crippen molar-refractivity contribution >= 4 is 0 Å². The normalized spacial score (nSPS) is 17.7. The minimum atomic E-state index is 0.603. The predicted molar refractivity (Wildman–Crippen MR) is 65.1 cm³/mol. The fraction of sp³-hybridized carbons (Fsp3) is 0.846. The average Bonchev–Trinajstić information content (AvgIpc) is 3.04. The van der Waals surface area contributed by atoms with Gasteiger partial charge in [0.2, 0.25) is 0 Å². The van der Waals surface area contributed by atoms with Crippen LogP contribution in [0.4, 0.5) is 0 Å². The van der Waals surface area contributed by atoms with E-state index in [1.54, 1.807) is 0 Å². The van der Waals surface area contributed by atoms with Crippen LogP contribution in [0.3, 0.4) is 0 Å². The first-order valence-electron chi connectivity index (χ1n) is 6.25. The van der Waals surface area contributed by atoms with E-state index in [1.807, 2.05) is 6.08 Å². The van der Waals surface area contributed by atoms with Crippen LogP contribution in [0.2, 0.25) is 0 Å². The van der Waals surface area contributed by atoms with E-state index in [4.69, 9.17) is 4.74 Å². The van der Waals surface area contributed by atoms with E-state index in [-0.39, 0.29) is 0 Å².